The van der Waals surface area contributed by atoms with Crippen molar-refractivity contribution in [3.8, 4) is 0 Å². The van der Waals surface area contributed by atoms with Crippen LogP contribution in [0.2, 0.25) is 0 Å². The average Bonchev–Trinajstić information content (AvgIpc) is 1.59. The van der Waals surface area contributed by atoms with Gasteiger partial charge in [-0.15, -0.1) is 0 Å². The molecule has 1 rings (SSSR count). The number of rotatable bonds is 0. The zero-order valence-electron chi connectivity index (χ0n) is 4.57. The fraction of sp³-hybridized carbons (Fsp3) is 0. The van der Waals surface area contributed by atoms with Crippen molar-refractivity contribution in [2.45, 2.75) is 0 Å². The number of aromatic nitrogens is 3. The van der Waals surface area contributed by atoms with Gasteiger partial charge in [0.2, 0.25) is 0 Å². The molecule has 0 saturated carbocycles. The molecule has 0 aliphatic carbocycles. The predicted octanol–water partition coefficient (Wildman–Crippen LogP) is -5.35. The molecular formula is C3H6As3N3. The third kappa shape index (κ3) is 2.41. The molecule has 1 heterocycles. The first-order chi connectivity index (χ1) is 4.18. The molecule has 0 aliphatic rings. The molecule has 0 aromatic carbocycles. The number of hydrogen-bond acceptors (Lipinski definition) is 3. The van der Waals surface area contributed by atoms with Gasteiger partial charge in [-0.3, -0.25) is 0 Å². The zero-order chi connectivity index (χ0) is 6.85. The van der Waals surface area contributed by atoms with Gasteiger partial charge < -0.3 is 0 Å². The summed E-state index contributed by atoms with van der Waals surface area (Å²) in [7, 11) is 0. The first-order valence-corrected chi connectivity index (χ1v) is 5.84. The van der Waals surface area contributed by atoms with Crippen LogP contribution in [-0.2, 0) is 0 Å². The molecule has 3 unspecified atom stereocenters. The molecule has 0 aliphatic heterocycles. The van der Waals surface area contributed by atoms with Gasteiger partial charge in [0.1, 0.15) is 0 Å². The van der Waals surface area contributed by atoms with Crippen molar-refractivity contribution in [3.63, 3.8) is 0 Å². The van der Waals surface area contributed by atoms with Crippen LogP contribution in [-0.4, -0.2) is 65.5 Å². The van der Waals surface area contributed by atoms with Crippen molar-refractivity contribution in [2.24, 2.45) is 0 Å². The monoisotopic (exact) mass is 309 g/mol. The minimum absolute atomic E-state index is 0.885. The molecule has 1 aromatic heterocycles. The second kappa shape index (κ2) is 3.19. The van der Waals surface area contributed by atoms with E-state index in [1.165, 1.54) is 50.6 Å². The predicted molar refractivity (Wildman–Crippen MR) is 44.4 cm³/mol. The zero-order valence-corrected chi connectivity index (χ0v) is 11.8. The summed E-state index contributed by atoms with van der Waals surface area (Å²) in [5, 5.41) is 0. The van der Waals surface area contributed by atoms with E-state index in [0.717, 1.165) is 13.8 Å². The van der Waals surface area contributed by atoms with Gasteiger partial charge in [0.25, 0.3) is 0 Å². The fourth-order valence-electron chi connectivity index (χ4n) is 0.427. The molecule has 9 heavy (non-hydrogen) atoms. The van der Waals surface area contributed by atoms with Crippen LogP contribution in [0.5, 0.6) is 0 Å². The summed E-state index contributed by atoms with van der Waals surface area (Å²) in [6, 6.07) is 0. The Morgan fingerprint density at radius 2 is 0.889 bits per heavy atom. The van der Waals surface area contributed by atoms with Crippen LogP contribution >= 0.6 is 0 Å². The third-order valence-corrected chi connectivity index (χ3v) is 2.31. The molecule has 0 radical (unpaired) electrons. The Kier molecular flexibility index (Phi) is 2.76. The van der Waals surface area contributed by atoms with Gasteiger partial charge in [-0.25, -0.2) is 0 Å². The van der Waals surface area contributed by atoms with E-state index in [2.05, 4.69) is 15.0 Å². The Hall–Kier alpha value is 0.685. The van der Waals surface area contributed by atoms with E-state index in [-0.39, 0.29) is 0 Å². The van der Waals surface area contributed by atoms with Crippen LogP contribution < -0.4 is 13.8 Å². The molecule has 0 spiro atoms. The van der Waals surface area contributed by atoms with Crippen LogP contribution in [0, 0.1) is 0 Å². The summed E-state index contributed by atoms with van der Waals surface area (Å²) in [5.74, 6) is 0. The molecular weight excluding hydrogens is 303 g/mol. The molecule has 0 fully saturated rings. The molecule has 6 heteroatoms. The van der Waals surface area contributed by atoms with E-state index in [0.29, 0.717) is 0 Å². The van der Waals surface area contributed by atoms with Crippen molar-refractivity contribution in [1.82, 2.24) is 15.0 Å². The summed E-state index contributed by atoms with van der Waals surface area (Å²) in [6.07, 6.45) is 0. The van der Waals surface area contributed by atoms with Crippen molar-refractivity contribution in [2.75, 3.05) is 0 Å². The van der Waals surface area contributed by atoms with Gasteiger partial charge in [0, 0.05) is 0 Å². The van der Waals surface area contributed by atoms with Crippen molar-refractivity contribution >= 4 is 64.4 Å². The molecule has 0 N–H and O–H groups in total. The Bertz CT molecular complexity index is 175. The normalized spacial score (nSPS) is 9.67. The van der Waals surface area contributed by atoms with Gasteiger partial charge in [-0.1, -0.05) is 0 Å². The Labute approximate surface area is 79.0 Å². The van der Waals surface area contributed by atoms with E-state index in [1.54, 1.807) is 0 Å². The summed E-state index contributed by atoms with van der Waals surface area (Å²) in [4.78, 5) is 12.2. The van der Waals surface area contributed by atoms with Crippen molar-refractivity contribution < 1.29 is 0 Å². The van der Waals surface area contributed by atoms with E-state index in [4.69, 9.17) is 0 Å². The second-order valence-corrected chi connectivity index (χ2v) is 4.66. The topological polar surface area (TPSA) is 38.7 Å². The number of nitrogens with zero attached hydrogens (tertiary/aromatic N) is 3. The van der Waals surface area contributed by atoms with Crippen LogP contribution in [0.25, 0.3) is 0 Å². The Morgan fingerprint density at radius 3 is 1.11 bits per heavy atom. The molecule has 48 valence electrons. The molecule has 0 saturated heterocycles. The quantitative estimate of drug-likeness (QED) is 0.449. The first-order valence-electron chi connectivity index (χ1n) is 2.21. The van der Waals surface area contributed by atoms with E-state index < -0.39 is 0 Å². The van der Waals surface area contributed by atoms with E-state index in [1.807, 2.05) is 0 Å². The maximum absolute atomic E-state index is 4.08. The Balaban J connectivity index is 3.17. The van der Waals surface area contributed by atoms with E-state index in [9.17, 15) is 0 Å². The maximum atomic E-state index is 4.08. The van der Waals surface area contributed by atoms with E-state index >= 15 is 0 Å². The van der Waals surface area contributed by atoms with Gasteiger partial charge in [0.05, 0.1) is 0 Å². The van der Waals surface area contributed by atoms with Crippen molar-refractivity contribution in [3.05, 3.63) is 0 Å². The summed E-state index contributed by atoms with van der Waals surface area (Å²) >= 11 is 4.36. The minimum atomic E-state index is 0.885. The summed E-state index contributed by atoms with van der Waals surface area (Å²) in [5.41, 5.74) is 0. The second-order valence-electron chi connectivity index (χ2n) is 1.41. The fourth-order valence-corrected chi connectivity index (χ4v) is 4.06. The molecule has 1 aromatic rings. The van der Waals surface area contributed by atoms with Gasteiger partial charge in [-0.05, 0) is 0 Å². The van der Waals surface area contributed by atoms with Crippen LogP contribution in [0.3, 0.4) is 0 Å². The van der Waals surface area contributed by atoms with Gasteiger partial charge >= 0.3 is 79.3 Å². The Morgan fingerprint density at radius 1 is 0.667 bits per heavy atom. The standard InChI is InChI=1S/C3H6As3N3/c4-1-7-2(5)9-3(6)8-1/h4-6H2. The average molecular weight is 309 g/mol. The number of hydrogen-bond donors (Lipinski definition) is 0. The summed E-state index contributed by atoms with van der Waals surface area (Å²) < 4.78 is 2.66. The molecule has 0 bridgehead atoms. The van der Waals surface area contributed by atoms with Crippen LogP contribution in [0.1, 0.15) is 0 Å². The van der Waals surface area contributed by atoms with Gasteiger partial charge in [-0.2, -0.15) is 0 Å². The summed E-state index contributed by atoms with van der Waals surface area (Å²) in [6.45, 7) is 0. The van der Waals surface area contributed by atoms with Gasteiger partial charge in [0.15, 0.2) is 0 Å². The molecule has 3 atom stereocenters. The van der Waals surface area contributed by atoms with Crippen LogP contribution in [0.15, 0.2) is 0 Å². The first kappa shape index (κ1) is 7.79. The SMILES string of the molecule is [AsH2]c1nc([AsH2])nc([AsH2])n1. The van der Waals surface area contributed by atoms with Crippen LogP contribution in [0.4, 0.5) is 0 Å². The molecule has 3 nitrogen and oxygen atoms in total. The third-order valence-electron chi connectivity index (χ3n) is 0.687. The molecule has 0 amide bonds. The van der Waals surface area contributed by atoms with Crippen molar-refractivity contribution in [1.29, 1.82) is 0 Å².